The van der Waals surface area contributed by atoms with Crippen molar-refractivity contribution in [3.05, 3.63) is 51.8 Å². The quantitative estimate of drug-likeness (QED) is 0.746. The second-order valence-corrected chi connectivity index (χ2v) is 4.70. The molecule has 3 N–H and O–H groups in total. The van der Waals surface area contributed by atoms with Gasteiger partial charge in [0.25, 0.3) is 0 Å². The van der Waals surface area contributed by atoms with Crippen LogP contribution in [0, 0.1) is 5.82 Å². The van der Waals surface area contributed by atoms with E-state index in [1.165, 1.54) is 6.07 Å². The van der Waals surface area contributed by atoms with Crippen LogP contribution in [0.3, 0.4) is 0 Å². The first-order chi connectivity index (χ1) is 8.99. The molecule has 6 heteroatoms. The topological polar surface area (TPSA) is 52.5 Å². The van der Waals surface area contributed by atoms with E-state index in [4.69, 9.17) is 23.2 Å². The number of hydrogen-bond acceptors (Lipinski definition) is 3. The van der Waals surface area contributed by atoms with E-state index < -0.39 is 5.82 Å². The maximum absolute atomic E-state index is 13.0. The first-order valence-electron chi connectivity index (χ1n) is 5.37. The molecule has 0 heterocycles. The molecule has 2 aromatic rings. The van der Waals surface area contributed by atoms with Gasteiger partial charge in [-0.25, -0.2) is 4.39 Å². The third-order valence-electron chi connectivity index (χ3n) is 2.56. The third-order valence-corrected chi connectivity index (χ3v) is 3.16. The van der Waals surface area contributed by atoms with E-state index in [1.807, 2.05) is 0 Å². The van der Waals surface area contributed by atoms with Crippen LogP contribution in [0.15, 0.2) is 30.3 Å². The first kappa shape index (κ1) is 13.8. The summed E-state index contributed by atoms with van der Waals surface area (Å²) in [7, 11) is 0. The summed E-state index contributed by atoms with van der Waals surface area (Å²) >= 11 is 11.7. The lowest BCUT2D eigenvalue weighted by molar-refractivity contribution is 0.400. The zero-order chi connectivity index (χ0) is 14.0. The number of benzene rings is 2. The molecule has 100 valence electrons. The number of hydrogen-bond donors (Lipinski definition) is 3. The van der Waals surface area contributed by atoms with Crippen molar-refractivity contribution in [2.45, 2.75) is 6.54 Å². The molecule has 0 radical (unpaired) electrons. The van der Waals surface area contributed by atoms with Gasteiger partial charge in [-0.1, -0.05) is 35.3 Å². The molecule has 0 bridgehead atoms. The molecule has 0 aliphatic rings. The van der Waals surface area contributed by atoms with Gasteiger partial charge in [-0.05, 0) is 18.2 Å². The van der Waals surface area contributed by atoms with Crippen molar-refractivity contribution in [1.29, 1.82) is 0 Å². The Labute approximate surface area is 119 Å². The number of halogens is 3. The number of rotatable bonds is 3. The zero-order valence-electron chi connectivity index (χ0n) is 9.62. The van der Waals surface area contributed by atoms with Crippen LogP contribution in [0.5, 0.6) is 11.5 Å². The van der Waals surface area contributed by atoms with Crippen molar-refractivity contribution in [3.8, 4) is 11.5 Å². The second-order valence-electron chi connectivity index (χ2n) is 3.88. The summed E-state index contributed by atoms with van der Waals surface area (Å²) in [4.78, 5) is 0. The van der Waals surface area contributed by atoms with Crippen LogP contribution >= 0.6 is 23.2 Å². The van der Waals surface area contributed by atoms with E-state index >= 15 is 0 Å². The van der Waals surface area contributed by atoms with Crippen LogP contribution in [-0.2, 0) is 6.54 Å². The highest BCUT2D eigenvalue weighted by molar-refractivity contribution is 6.39. The number of anilines is 1. The SMILES string of the molecule is Oc1cccc(CNc2c(Cl)cc(F)cc2Cl)c1O. The lowest BCUT2D eigenvalue weighted by Gasteiger charge is -2.12. The molecule has 2 rings (SSSR count). The van der Waals surface area contributed by atoms with E-state index in [2.05, 4.69) is 5.32 Å². The first-order valence-corrected chi connectivity index (χ1v) is 6.13. The maximum atomic E-state index is 13.0. The molecule has 0 atom stereocenters. The monoisotopic (exact) mass is 301 g/mol. The molecule has 0 saturated carbocycles. The van der Waals surface area contributed by atoms with Crippen molar-refractivity contribution in [3.63, 3.8) is 0 Å². The summed E-state index contributed by atoms with van der Waals surface area (Å²) in [6.07, 6.45) is 0. The molecular formula is C13H10Cl2FNO2. The van der Waals surface area contributed by atoms with Gasteiger partial charge in [0.2, 0.25) is 0 Å². The smallest absolute Gasteiger partial charge is 0.162 e. The zero-order valence-corrected chi connectivity index (χ0v) is 11.1. The molecule has 0 amide bonds. The van der Waals surface area contributed by atoms with E-state index in [-0.39, 0.29) is 28.1 Å². The summed E-state index contributed by atoms with van der Waals surface area (Å²) < 4.78 is 13.0. The standard InChI is InChI=1S/C13H10Cl2FNO2/c14-9-4-8(16)5-10(15)12(9)17-6-7-2-1-3-11(18)13(7)19/h1-5,17-19H,6H2. The molecule has 2 aromatic carbocycles. The van der Waals surface area contributed by atoms with Gasteiger partial charge in [0, 0.05) is 12.1 Å². The van der Waals surface area contributed by atoms with Crippen LogP contribution in [0.4, 0.5) is 10.1 Å². The number of phenols is 2. The number of phenolic OH excluding ortho intramolecular Hbond substituents is 2. The molecule has 19 heavy (non-hydrogen) atoms. The molecule has 0 fully saturated rings. The van der Waals surface area contributed by atoms with Gasteiger partial charge in [0.15, 0.2) is 11.5 Å². The van der Waals surface area contributed by atoms with Gasteiger partial charge in [0.05, 0.1) is 15.7 Å². The van der Waals surface area contributed by atoms with Crippen molar-refractivity contribution >= 4 is 28.9 Å². The average Bonchev–Trinajstić information content (AvgIpc) is 2.33. The molecule has 0 saturated heterocycles. The fraction of sp³-hybridized carbons (Fsp3) is 0.0769. The number of nitrogens with one attached hydrogen (secondary N) is 1. The molecule has 3 nitrogen and oxygen atoms in total. The highest BCUT2D eigenvalue weighted by atomic mass is 35.5. The van der Waals surface area contributed by atoms with Crippen LogP contribution in [0.25, 0.3) is 0 Å². The van der Waals surface area contributed by atoms with Crippen LogP contribution in [-0.4, -0.2) is 10.2 Å². The van der Waals surface area contributed by atoms with Crippen molar-refractivity contribution in [1.82, 2.24) is 0 Å². The molecule has 0 spiro atoms. The Bertz CT molecular complexity index is 597. The summed E-state index contributed by atoms with van der Waals surface area (Å²) in [5.41, 5.74) is 0.837. The van der Waals surface area contributed by atoms with E-state index in [0.717, 1.165) is 12.1 Å². The van der Waals surface area contributed by atoms with Gasteiger partial charge < -0.3 is 15.5 Å². The highest BCUT2D eigenvalue weighted by Crippen LogP contribution is 2.33. The summed E-state index contributed by atoms with van der Waals surface area (Å²) in [5, 5.41) is 22.2. The Hall–Kier alpha value is -1.65. The van der Waals surface area contributed by atoms with Gasteiger partial charge >= 0.3 is 0 Å². The Kier molecular flexibility index (Phi) is 4.02. The average molecular weight is 302 g/mol. The van der Waals surface area contributed by atoms with E-state index in [0.29, 0.717) is 11.3 Å². The predicted octanol–water partition coefficient (Wildman–Crippen LogP) is 4.16. The fourth-order valence-electron chi connectivity index (χ4n) is 1.62. The van der Waals surface area contributed by atoms with Crippen LogP contribution < -0.4 is 5.32 Å². The number of aromatic hydroxyl groups is 2. The Balaban J connectivity index is 2.22. The minimum Gasteiger partial charge on any atom is -0.504 e. The van der Waals surface area contributed by atoms with Gasteiger partial charge in [-0.15, -0.1) is 0 Å². The van der Waals surface area contributed by atoms with Gasteiger partial charge in [0.1, 0.15) is 5.82 Å². The molecule has 0 aliphatic carbocycles. The maximum Gasteiger partial charge on any atom is 0.162 e. The van der Waals surface area contributed by atoms with Gasteiger partial charge in [-0.3, -0.25) is 0 Å². The minimum absolute atomic E-state index is 0.143. The third kappa shape index (κ3) is 3.03. The molecular weight excluding hydrogens is 292 g/mol. The Morgan fingerprint density at radius 3 is 2.37 bits per heavy atom. The van der Waals surface area contributed by atoms with Crippen molar-refractivity contribution in [2.75, 3.05) is 5.32 Å². The molecule has 0 unspecified atom stereocenters. The summed E-state index contributed by atoms with van der Waals surface area (Å²) in [6, 6.07) is 6.88. The normalized spacial score (nSPS) is 10.5. The van der Waals surface area contributed by atoms with Gasteiger partial charge in [-0.2, -0.15) is 0 Å². The van der Waals surface area contributed by atoms with Crippen LogP contribution in [0.2, 0.25) is 10.0 Å². The predicted molar refractivity (Wildman–Crippen MR) is 73.5 cm³/mol. The summed E-state index contributed by atoms with van der Waals surface area (Å²) in [5.74, 6) is -0.958. The van der Waals surface area contributed by atoms with Crippen molar-refractivity contribution in [2.24, 2.45) is 0 Å². The summed E-state index contributed by atoms with van der Waals surface area (Å²) in [6.45, 7) is 0.186. The molecule has 0 aromatic heterocycles. The Morgan fingerprint density at radius 1 is 1.11 bits per heavy atom. The largest absolute Gasteiger partial charge is 0.504 e. The lowest BCUT2D eigenvalue weighted by atomic mass is 10.2. The molecule has 0 aliphatic heterocycles. The Morgan fingerprint density at radius 2 is 1.74 bits per heavy atom. The van der Waals surface area contributed by atoms with E-state index in [1.54, 1.807) is 12.1 Å². The lowest BCUT2D eigenvalue weighted by Crippen LogP contribution is -2.01. The fourth-order valence-corrected chi connectivity index (χ4v) is 2.21. The van der Waals surface area contributed by atoms with Crippen molar-refractivity contribution < 1.29 is 14.6 Å². The minimum atomic E-state index is -0.527. The highest BCUT2D eigenvalue weighted by Gasteiger charge is 2.10. The van der Waals surface area contributed by atoms with Crippen LogP contribution in [0.1, 0.15) is 5.56 Å². The second kappa shape index (κ2) is 5.55. The van der Waals surface area contributed by atoms with E-state index in [9.17, 15) is 14.6 Å². The number of para-hydroxylation sites is 1.